The number of imidazole rings is 2. The van der Waals surface area contributed by atoms with Gasteiger partial charge in [-0.2, -0.15) is 4.31 Å². The number of hydrogen-bond donors (Lipinski definition) is 7. The van der Waals surface area contributed by atoms with Crippen molar-refractivity contribution in [1.29, 1.82) is 0 Å². The number of pyridine rings is 1. The van der Waals surface area contributed by atoms with Crippen molar-refractivity contribution < 1.29 is 62.2 Å². The maximum atomic E-state index is 12.5. The Balaban J connectivity index is 1.04. The van der Waals surface area contributed by atoms with Crippen LogP contribution < -0.4 is 5.73 Å². The highest BCUT2D eigenvalue weighted by atomic mass is 31.3. The summed E-state index contributed by atoms with van der Waals surface area (Å²) in [5.74, 6) is 0.0602. The van der Waals surface area contributed by atoms with Gasteiger partial charge in [-0.25, -0.2) is 34.0 Å². The van der Waals surface area contributed by atoms with Crippen LogP contribution in [0.15, 0.2) is 37.3 Å². The number of nitrogens with two attached hydrogens (primary N) is 1. The smallest absolute Gasteiger partial charge is 0.387 e. The third-order valence-electron chi connectivity index (χ3n) is 6.97. The second-order valence-electron chi connectivity index (χ2n) is 9.78. The normalized spacial score (nSPS) is 31.9. The highest BCUT2D eigenvalue weighted by molar-refractivity contribution is 7.61. The van der Waals surface area contributed by atoms with Crippen LogP contribution in [0, 0.1) is 0 Å². The number of fused-ring (bicyclic) bond motifs is 2. The van der Waals surface area contributed by atoms with Crippen LogP contribution in [-0.2, 0) is 32.0 Å². The molecule has 2 aliphatic rings. The molecule has 6 heterocycles. The molecule has 2 unspecified atom stereocenters. The molecule has 2 saturated heterocycles. The van der Waals surface area contributed by atoms with Gasteiger partial charge in [-0.3, -0.25) is 18.2 Å². The van der Waals surface area contributed by atoms with E-state index in [1.165, 1.54) is 28.0 Å². The standard InChI is InChI=1S/C21H26N8O13P2/c22-17-12-19(25-6-24-17)29(7-26-12)21-16(33)14(31)11(41-21)5-39-44(36,37)42-43(34,35)38-4-10-13(30)15(32)20(40-10)28-8-27-18-9(28)2-1-3-23-18/h1-3,6-8,10-11,13-16,20-21,30-33H,4-5H2,(H,34,35)(H,36,37)(H2,22,24,25)/t10-,11-,13-,14-,15-,16-,20-,21-/m1/s1. The van der Waals surface area contributed by atoms with Crippen LogP contribution in [0.25, 0.3) is 22.3 Å². The van der Waals surface area contributed by atoms with Gasteiger partial charge in [0.1, 0.15) is 48.5 Å². The molecule has 0 spiro atoms. The molecule has 2 fully saturated rings. The van der Waals surface area contributed by atoms with Crippen molar-refractivity contribution >= 4 is 43.8 Å². The van der Waals surface area contributed by atoms with Crippen LogP contribution in [0.2, 0.25) is 0 Å². The van der Waals surface area contributed by atoms with Crippen LogP contribution in [0.5, 0.6) is 0 Å². The van der Waals surface area contributed by atoms with E-state index < -0.39 is 77.9 Å². The number of nitrogen functional groups attached to an aromatic ring is 1. The van der Waals surface area contributed by atoms with Crippen LogP contribution in [0.4, 0.5) is 5.82 Å². The first-order valence-corrected chi connectivity index (χ1v) is 15.7. The molecule has 6 rings (SSSR count). The first-order chi connectivity index (χ1) is 20.8. The zero-order chi connectivity index (χ0) is 31.4. The molecular formula is C21H26N8O13P2. The molecule has 0 amide bonds. The van der Waals surface area contributed by atoms with Gasteiger partial charge in [-0.1, -0.05) is 0 Å². The number of hydrogen-bond acceptors (Lipinski definition) is 17. The Morgan fingerprint density at radius 2 is 1.41 bits per heavy atom. The van der Waals surface area contributed by atoms with Gasteiger partial charge in [0.05, 0.1) is 31.4 Å². The van der Waals surface area contributed by atoms with Crippen molar-refractivity contribution in [2.45, 2.75) is 49.1 Å². The van der Waals surface area contributed by atoms with Crippen molar-refractivity contribution in [3.8, 4) is 0 Å². The van der Waals surface area contributed by atoms with Gasteiger partial charge in [0, 0.05) is 6.20 Å². The predicted molar refractivity (Wildman–Crippen MR) is 142 cm³/mol. The summed E-state index contributed by atoms with van der Waals surface area (Å²) in [6.07, 6.45) is -6.29. The Labute approximate surface area is 245 Å². The number of phosphoric acid groups is 2. The number of ether oxygens (including phenoxy) is 2. The molecule has 4 aromatic heterocycles. The van der Waals surface area contributed by atoms with Gasteiger partial charge >= 0.3 is 15.6 Å². The van der Waals surface area contributed by atoms with Crippen molar-refractivity contribution in [2.24, 2.45) is 0 Å². The molecule has 0 aliphatic carbocycles. The summed E-state index contributed by atoms with van der Waals surface area (Å²) in [4.78, 5) is 40.1. The summed E-state index contributed by atoms with van der Waals surface area (Å²) in [5, 5.41) is 41.9. The molecule has 4 aromatic rings. The summed E-state index contributed by atoms with van der Waals surface area (Å²) in [7, 11) is -10.7. The maximum absolute atomic E-state index is 12.5. The molecule has 10 atom stereocenters. The van der Waals surface area contributed by atoms with Gasteiger partial charge in [-0.05, 0) is 12.1 Å². The molecule has 21 nitrogen and oxygen atoms in total. The highest BCUT2D eigenvalue weighted by Crippen LogP contribution is 2.60. The van der Waals surface area contributed by atoms with Crippen LogP contribution in [-0.4, -0.2) is 114 Å². The minimum atomic E-state index is -5.35. The molecule has 2 aliphatic heterocycles. The first kappa shape index (κ1) is 31.0. The minimum Gasteiger partial charge on any atom is -0.387 e. The van der Waals surface area contributed by atoms with Crippen molar-refractivity contribution in [3.05, 3.63) is 37.3 Å². The van der Waals surface area contributed by atoms with Crippen molar-refractivity contribution in [3.63, 3.8) is 0 Å². The second kappa shape index (κ2) is 11.7. The lowest BCUT2D eigenvalue weighted by Crippen LogP contribution is -2.34. The van der Waals surface area contributed by atoms with E-state index in [-0.39, 0.29) is 17.0 Å². The fourth-order valence-corrected chi connectivity index (χ4v) is 6.92. The Kier molecular flexibility index (Phi) is 8.26. The quantitative estimate of drug-likeness (QED) is 0.0936. The minimum absolute atomic E-state index is 0.0602. The summed E-state index contributed by atoms with van der Waals surface area (Å²) < 4.78 is 52.5. The zero-order valence-electron chi connectivity index (χ0n) is 22.1. The molecule has 8 N–H and O–H groups in total. The Hall–Kier alpha value is -3.01. The van der Waals surface area contributed by atoms with E-state index in [0.29, 0.717) is 11.2 Å². The highest BCUT2D eigenvalue weighted by Gasteiger charge is 2.48. The number of aliphatic hydroxyl groups excluding tert-OH is 4. The average molecular weight is 660 g/mol. The SMILES string of the molecule is Nc1ncnc2c1ncn2[C@@H]1O[C@H](COP(=O)(O)OP(=O)(O)OC[C@H]2O[C@@H](n3cnc4ncccc43)[C@H](O)[C@@H]2O)[C@@H](O)[C@H]1O. The predicted octanol–water partition coefficient (Wildman–Crippen LogP) is -1.66. The van der Waals surface area contributed by atoms with E-state index in [0.717, 1.165) is 6.33 Å². The lowest BCUT2D eigenvalue weighted by atomic mass is 10.1. The number of phosphoric ester groups is 2. The van der Waals surface area contributed by atoms with Crippen molar-refractivity contribution in [1.82, 2.24) is 34.1 Å². The molecule has 0 bridgehead atoms. The lowest BCUT2D eigenvalue weighted by Gasteiger charge is -2.20. The number of aliphatic hydroxyl groups is 4. The second-order valence-corrected chi connectivity index (χ2v) is 12.8. The largest absolute Gasteiger partial charge is 0.481 e. The van der Waals surface area contributed by atoms with E-state index in [9.17, 15) is 39.3 Å². The van der Waals surface area contributed by atoms with Crippen LogP contribution in [0.1, 0.15) is 12.5 Å². The third kappa shape index (κ3) is 5.86. The number of anilines is 1. The fraction of sp³-hybridized carbons (Fsp3) is 0.476. The third-order valence-corrected chi connectivity index (χ3v) is 9.57. The lowest BCUT2D eigenvalue weighted by molar-refractivity contribution is -0.0529. The van der Waals surface area contributed by atoms with Crippen LogP contribution in [0.3, 0.4) is 0 Å². The Bertz CT molecular complexity index is 1760. The zero-order valence-corrected chi connectivity index (χ0v) is 23.9. The average Bonchev–Trinajstić information content (AvgIpc) is 3.73. The van der Waals surface area contributed by atoms with E-state index in [2.05, 4.69) is 29.2 Å². The monoisotopic (exact) mass is 660 g/mol. The van der Waals surface area contributed by atoms with Gasteiger partial charge in [-0.15, -0.1) is 0 Å². The Morgan fingerprint density at radius 3 is 2.05 bits per heavy atom. The first-order valence-electron chi connectivity index (χ1n) is 12.7. The van der Waals surface area contributed by atoms with Gasteiger partial charge in [0.25, 0.3) is 0 Å². The van der Waals surface area contributed by atoms with Crippen molar-refractivity contribution in [2.75, 3.05) is 18.9 Å². The van der Waals surface area contributed by atoms with E-state index in [4.69, 9.17) is 24.3 Å². The summed E-state index contributed by atoms with van der Waals surface area (Å²) in [6, 6.07) is 3.28. The van der Waals surface area contributed by atoms with Crippen LogP contribution >= 0.6 is 15.6 Å². The molecule has 23 heteroatoms. The molecule has 0 aromatic carbocycles. The van der Waals surface area contributed by atoms with Gasteiger partial charge in [0.15, 0.2) is 29.6 Å². The fourth-order valence-electron chi connectivity index (χ4n) is 4.83. The topological polar surface area (TPSA) is 302 Å². The van der Waals surface area contributed by atoms with E-state index >= 15 is 0 Å². The Morgan fingerprint density at radius 1 is 0.818 bits per heavy atom. The number of aromatic nitrogens is 7. The van der Waals surface area contributed by atoms with Gasteiger partial charge in [0.2, 0.25) is 0 Å². The molecule has 0 saturated carbocycles. The molecular weight excluding hydrogens is 634 g/mol. The molecule has 0 radical (unpaired) electrons. The molecule has 238 valence electrons. The summed E-state index contributed by atoms with van der Waals surface area (Å²) in [5.41, 5.74) is 6.96. The van der Waals surface area contributed by atoms with Gasteiger partial charge < -0.3 is 45.4 Å². The summed E-state index contributed by atoms with van der Waals surface area (Å²) >= 11 is 0. The van der Waals surface area contributed by atoms with E-state index in [1.54, 1.807) is 12.1 Å². The number of nitrogens with zero attached hydrogens (tertiary/aromatic N) is 7. The maximum Gasteiger partial charge on any atom is 0.481 e. The summed E-state index contributed by atoms with van der Waals surface area (Å²) in [6.45, 7) is -1.73. The molecule has 44 heavy (non-hydrogen) atoms. The van der Waals surface area contributed by atoms with E-state index in [1.807, 2.05) is 0 Å². The number of rotatable bonds is 10.